The zero-order valence-electron chi connectivity index (χ0n) is 7.52. The second-order valence-electron chi connectivity index (χ2n) is 2.71. The Morgan fingerprint density at radius 2 is 1.33 bits per heavy atom. The Morgan fingerprint density at radius 3 is 1.73 bits per heavy atom. The fourth-order valence-corrected chi connectivity index (χ4v) is 2.79. The van der Waals surface area contributed by atoms with E-state index in [1.807, 2.05) is 12.1 Å². The minimum Gasteiger partial charge on any atom is -0.263 e. The van der Waals surface area contributed by atoms with Crippen LogP contribution in [0.15, 0.2) is 55.7 Å². The van der Waals surface area contributed by atoms with Gasteiger partial charge in [0, 0.05) is 43.5 Å². The molecule has 0 bridgehead atoms. The molecule has 0 saturated carbocycles. The molecule has 0 aromatic carbocycles. The second-order valence-corrected chi connectivity index (χ2v) is 5.51. The molecule has 2 heterocycles. The molecule has 0 unspecified atom stereocenters. The normalized spacial score (nSPS) is 10.3. The lowest BCUT2D eigenvalue weighted by Gasteiger charge is -2.04. The molecule has 5 heteroatoms. The number of rotatable bonds is 2. The zero-order valence-corrected chi connectivity index (χ0v) is 11.5. The van der Waals surface area contributed by atoms with Crippen molar-refractivity contribution in [2.45, 2.75) is 9.79 Å². The number of nitrogens with zero attached hydrogens (tertiary/aromatic N) is 2. The van der Waals surface area contributed by atoms with E-state index in [-0.39, 0.29) is 0 Å². The molecule has 2 rings (SSSR count). The SMILES string of the molecule is Brc1cnccc1Sc1ccncc1Br. The van der Waals surface area contributed by atoms with Crippen LogP contribution in [0, 0.1) is 0 Å². The fourth-order valence-electron chi connectivity index (χ4n) is 1.01. The van der Waals surface area contributed by atoms with E-state index in [0.29, 0.717) is 0 Å². The van der Waals surface area contributed by atoms with E-state index in [9.17, 15) is 0 Å². The first-order valence-corrected chi connectivity index (χ1v) is 6.54. The van der Waals surface area contributed by atoms with Crippen molar-refractivity contribution in [1.29, 1.82) is 0 Å². The first-order valence-electron chi connectivity index (χ1n) is 4.14. The summed E-state index contributed by atoms with van der Waals surface area (Å²) >= 11 is 8.60. The minimum atomic E-state index is 0.999. The van der Waals surface area contributed by atoms with Gasteiger partial charge in [0.25, 0.3) is 0 Å². The minimum absolute atomic E-state index is 0.999. The number of aromatic nitrogens is 2. The molecule has 0 saturated heterocycles. The van der Waals surface area contributed by atoms with Crippen LogP contribution in [0.5, 0.6) is 0 Å². The molecule has 0 N–H and O–H groups in total. The molecule has 0 radical (unpaired) electrons. The monoisotopic (exact) mass is 344 g/mol. The zero-order chi connectivity index (χ0) is 10.7. The summed E-state index contributed by atoms with van der Waals surface area (Å²) in [6.07, 6.45) is 7.14. The van der Waals surface area contributed by atoms with Gasteiger partial charge in [0.15, 0.2) is 0 Å². The van der Waals surface area contributed by atoms with Crippen LogP contribution in [0.4, 0.5) is 0 Å². The van der Waals surface area contributed by atoms with Crippen LogP contribution in [0.1, 0.15) is 0 Å². The Kier molecular flexibility index (Phi) is 3.77. The van der Waals surface area contributed by atoms with Crippen molar-refractivity contribution in [3.05, 3.63) is 45.9 Å². The second kappa shape index (κ2) is 5.09. The summed E-state index contributed by atoms with van der Waals surface area (Å²) in [5.74, 6) is 0. The molecule has 15 heavy (non-hydrogen) atoms. The van der Waals surface area contributed by atoms with Crippen LogP contribution in [-0.4, -0.2) is 9.97 Å². The molecule has 0 aliphatic rings. The topological polar surface area (TPSA) is 25.8 Å². The smallest absolute Gasteiger partial charge is 0.0498 e. The number of pyridine rings is 2. The van der Waals surface area contributed by atoms with Gasteiger partial charge in [-0.1, -0.05) is 11.8 Å². The van der Waals surface area contributed by atoms with Crippen molar-refractivity contribution in [3.8, 4) is 0 Å². The van der Waals surface area contributed by atoms with E-state index < -0.39 is 0 Å². The Morgan fingerprint density at radius 1 is 0.867 bits per heavy atom. The number of hydrogen-bond donors (Lipinski definition) is 0. The average molecular weight is 346 g/mol. The van der Waals surface area contributed by atoms with Crippen molar-refractivity contribution in [1.82, 2.24) is 9.97 Å². The molecule has 2 aromatic rings. The highest BCUT2D eigenvalue weighted by Crippen LogP contribution is 2.36. The summed E-state index contributed by atoms with van der Waals surface area (Å²) in [5, 5.41) is 0. The van der Waals surface area contributed by atoms with Gasteiger partial charge in [-0.25, -0.2) is 0 Å². The maximum Gasteiger partial charge on any atom is 0.0498 e. The Balaban J connectivity index is 2.30. The Labute approximate surface area is 109 Å². The summed E-state index contributed by atoms with van der Waals surface area (Å²) < 4.78 is 2.00. The van der Waals surface area contributed by atoms with E-state index in [1.165, 1.54) is 0 Å². The van der Waals surface area contributed by atoms with Crippen molar-refractivity contribution >= 4 is 43.6 Å². The molecule has 76 valence electrons. The molecule has 2 aromatic heterocycles. The van der Waals surface area contributed by atoms with Gasteiger partial charge >= 0.3 is 0 Å². The Hall–Kier alpha value is -0.390. The molecule has 0 aliphatic heterocycles. The first-order chi connectivity index (χ1) is 7.27. The van der Waals surface area contributed by atoms with Crippen LogP contribution in [0.25, 0.3) is 0 Å². The van der Waals surface area contributed by atoms with E-state index in [4.69, 9.17) is 0 Å². The molecule has 0 spiro atoms. The molecule has 0 fully saturated rings. The predicted molar refractivity (Wildman–Crippen MR) is 68.0 cm³/mol. The van der Waals surface area contributed by atoms with Crippen LogP contribution in [0.3, 0.4) is 0 Å². The van der Waals surface area contributed by atoms with Crippen molar-refractivity contribution < 1.29 is 0 Å². The number of hydrogen-bond acceptors (Lipinski definition) is 3. The summed E-state index contributed by atoms with van der Waals surface area (Å²) in [4.78, 5) is 10.3. The van der Waals surface area contributed by atoms with Gasteiger partial charge in [0.2, 0.25) is 0 Å². The molecule has 0 aliphatic carbocycles. The van der Waals surface area contributed by atoms with Gasteiger partial charge in [0.05, 0.1) is 0 Å². The third-order valence-electron chi connectivity index (χ3n) is 1.69. The summed E-state index contributed by atoms with van der Waals surface area (Å²) in [7, 11) is 0. The summed E-state index contributed by atoms with van der Waals surface area (Å²) in [5.41, 5.74) is 0. The van der Waals surface area contributed by atoms with Crippen molar-refractivity contribution in [3.63, 3.8) is 0 Å². The van der Waals surface area contributed by atoms with Crippen molar-refractivity contribution in [2.24, 2.45) is 0 Å². The molecule has 2 nitrogen and oxygen atoms in total. The standard InChI is InChI=1S/C10H6Br2N2S/c11-7-5-13-3-1-9(7)15-10-2-4-14-6-8(10)12/h1-6H. The molecular weight excluding hydrogens is 340 g/mol. The van der Waals surface area contributed by atoms with Crippen LogP contribution >= 0.6 is 43.6 Å². The lowest BCUT2D eigenvalue weighted by molar-refractivity contribution is 1.21. The van der Waals surface area contributed by atoms with Gasteiger partial charge in [-0.3, -0.25) is 9.97 Å². The van der Waals surface area contributed by atoms with Gasteiger partial charge in [-0.15, -0.1) is 0 Å². The lowest BCUT2D eigenvalue weighted by atomic mass is 10.5. The molecule has 0 atom stereocenters. The maximum absolute atomic E-state index is 4.02. The van der Waals surface area contributed by atoms with E-state index in [0.717, 1.165) is 18.7 Å². The molecule has 0 amide bonds. The first kappa shape index (κ1) is 11.1. The van der Waals surface area contributed by atoms with Crippen molar-refractivity contribution in [2.75, 3.05) is 0 Å². The Bertz CT molecular complexity index is 433. The highest BCUT2D eigenvalue weighted by atomic mass is 79.9. The summed E-state index contributed by atoms with van der Waals surface area (Å²) in [6, 6.07) is 3.95. The third kappa shape index (κ3) is 2.80. The van der Waals surface area contributed by atoms with E-state index in [2.05, 4.69) is 41.8 Å². The van der Waals surface area contributed by atoms with Gasteiger partial charge in [0.1, 0.15) is 0 Å². The van der Waals surface area contributed by atoms with E-state index >= 15 is 0 Å². The van der Waals surface area contributed by atoms with Crippen LogP contribution in [-0.2, 0) is 0 Å². The highest BCUT2D eigenvalue weighted by Gasteiger charge is 2.04. The largest absolute Gasteiger partial charge is 0.263 e. The molecular formula is C10H6Br2N2S. The quantitative estimate of drug-likeness (QED) is 0.817. The maximum atomic E-state index is 4.02. The van der Waals surface area contributed by atoms with Crippen LogP contribution in [0.2, 0.25) is 0 Å². The van der Waals surface area contributed by atoms with Gasteiger partial charge in [-0.05, 0) is 44.0 Å². The lowest BCUT2D eigenvalue weighted by Crippen LogP contribution is -1.80. The van der Waals surface area contributed by atoms with Gasteiger partial charge in [-0.2, -0.15) is 0 Å². The number of halogens is 2. The van der Waals surface area contributed by atoms with Gasteiger partial charge < -0.3 is 0 Å². The van der Waals surface area contributed by atoms with E-state index in [1.54, 1.807) is 36.5 Å². The average Bonchev–Trinajstić information content (AvgIpc) is 2.24. The van der Waals surface area contributed by atoms with Crippen LogP contribution < -0.4 is 0 Å². The highest BCUT2D eigenvalue weighted by molar-refractivity contribution is 9.11. The fraction of sp³-hybridized carbons (Fsp3) is 0. The predicted octanol–water partition coefficient (Wildman–Crippen LogP) is 4.15. The summed E-state index contributed by atoms with van der Waals surface area (Å²) in [6.45, 7) is 0. The third-order valence-corrected chi connectivity index (χ3v) is 4.63.